The molecule has 1 saturated carbocycles. The SMILES string of the molecule is CCOC(=O)C1CC2CC(N3CCCCC3(O)C(=O)OCC)CCC2CN1C(=O)OC. The first-order valence-electron chi connectivity index (χ1n) is 11.5. The summed E-state index contributed by atoms with van der Waals surface area (Å²) in [6, 6.07) is -0.638. The van der Waals surface area contributed by atoms with Crippen LogP contribution in [-0.2, 0) is 23.8 Å². The van der Waals surface area contributed by atoms with Crippen LogP contribution in [0.15, 0.2) is 0 Å². The molecule has 176 valence electrons. The zero-order valence-corrected chi connectivity index (χ0v) is 18.9. The highest BCUT2D eigenvalue weighted by molar-refractivity contribution is 5.81. The van der Waals surface area contributed by atoms with E-state index in [1.165, 1.54) is 12.0 Å². The minimum atomic E-state index is -1.58. The van der Waals surface area contributed by atoms with E-state index in [2.05, 4.69) is 0 Å². The number of hydrogen-bond donors (Lipinski definition) is 1. The van der Waals surface area contributed by atoms with Crippen molar-refractivity contribution in [2.24, 2.45) is 11.8 Å². The first-order chi connectivity index (χ1) is 14.8. The van der Waals surface area contributed by atoms with Gasteiger partial charge in [-0.25, -0.2) is 14.4 Å². The molecule has 2 aliphatic heterocycles. The molecule has 0 aromatic carbocycles. The Labute approximate surface area is 184 Å². The summed E-state index contributed by atoms with van der Waals surface area (Å²) in [6.07, 6.45) is 4.51. The van der Waals surface area contributed by atoms with Crippen molar-refractivity contribution in [2.75, 3.05) is 33.4 Å². The van der Waals surface area contributed by atoms with E-state index >= 15 is 0 Å². The highest BCUT2D eigenvalue weighted by atomic mass is 16.6. The van der Waals surface area contributed by atoms with Gasteiger partial charge in [0.25, 0.3) is 0 Å². The van der Waals surface area contributed by atoms with Gasteiger partial charge in [-0.05, 0) is 64.2 Å². The van der Waals surface area contributed by atoms with Gasteiger partial charge in [-0.3, -0.25) is 9.80 Å². The Bertz CT molecular complexity index is 672. The van der Waals surface area contributed by atoms with Crippen molar-refractivity contribution in [3.05, 3.63) is 0 Å². The zero-order chi connectivity index (χ0) is 22.6. The van der Waals surface area contributed by atoms with Gasteiger partial charge in [-0.15, -0.1) is 0 Å². The van der Waals surface area contributed by atoms with E-state index in [-0.39, 0.29) is 31.1 Å². The van der Waals surface area contributed by atoms with Gasteiger partial charge in [0.15, 0.2) is 0 Å². The predicted molar refractivity (Wildman–Crippen MR) is 111 cm³/mol. The van der Waals surface area contributed by atoms with Crippen molar-refractivity contribution >= 4 is 18.0 Å². The number of amides is 1. The summed E-state index contributed by atoms with van der Waals surface area (Å²) in [7, 11) is 1.32. The molecule has 9 nitrogen and oxygen atoms in total. The molecule has 0 bridgehead atoms. The molecular formula is C22H36N2O7. The van der Waals surface area contributed by atoms with Gasteiger partial charge in [0.2, 0.25) is 5.72 Å². The number of hydrogen-bond acceptors (Lipinski definition) is 8. The molecule has 2 heterocycles. The fourth-order valence-electron chi connectivity index (χ4n) is 5.62. The van der Waals surface area contributed by atoms with E-state index in [1.807, 2.05) is 4.90 Å². The topological polar surface area (TPSA) is 106 Å². The Morgan fingerprint density at radius 3 is 2.45 bits per heavy atom. The van der Waals surface area contributed by atoms with Crippen molar-refractivity contribution in [2.45, 2.75) is 76.6 Å². The fourth-order valence-corrected chi connectivity index (χ4v) is 5.62. The molecule has 3 aliphatic rings. The summed E-state index contributed by atoms with van der Waals surface area (Å²) in [5, 5.41) is 11.2. The Hall–Kier alpha value is -1.87. The van der Waals surface area contributed by atoms with Gasteiger partial charge in [0.05, 0.1) is 20.3 Å². The molecular weight excluding hydrogens is 404 g/mol. The maximum Gasteiger partial charge on any atom is 0.410 e. The van der Waals surface area contributed by atoms with E-state index in [4.69, 9.17) is 14.2 Å². The number of nitrogens with zero attached hydrogens (tertiary/aromatic N) is 2. The molecule has 3 fully saturated rings. The normalized spacial score (nSPS) is 33.9. The van der Waals surface area contributed by atoms with Crippen molar-refractivity contribution in [3.8, 4) is 0 Å². The van der Waals surface area contributed by atoms with Crippen LogP contribution in [-0.4, -0.2) is 84.2 Å². The van der Waals surface area contributed by atoms with E-state index < -0.39 is 29.8 Å². The molecule has 2 saturated heterocycles. The highest BCUT2D eigenvalue weighted by Gasteiger charge is 2.51. The molecule has 5 unspecified atom stereocenters. The van der Waals surface area contributed by atoms with E-state index in [0.29, 0.717) is 25.9 Å². The summed E-state index contributed by atoms with van der Waals surface area (Å²) >= 11 is 0. The standard InChI is InChI=1S/C22H36N2O7/c1-4-30-19(25)18-13-16-12-17(9-8-15(16)14-23(18)21(27)29-3)24-11-7-6-10-22(24,28)20(26)31-5-2/h15-18,28H,4-14H2,1-3H3. The Morgan fingerprint density at radius 2 is 1.77 bits per heavy atom. The molecule has 1 amide bonds. The molecule has 31 heavy (non-hydrogen) atoms. The molecule has 1 aliphatic carbocycles. The number of aliphatic hydroxyl groups is 1. The third-order valence-corrected chi connectivity index (χ3v) is 7.11. The van der Waals surface area contributed by atoms with Crippen LogP contribution in [0.2, 0.25) is 0 Å². The van der Waals surface area contributed by atoms with Gasteiger partial charge in [0.1, 0.15) is 6.04 Å². The maximum atomic E-state index is 12.6. The van der Waals surface area contributed by atoms with Crippen molar-refractivity contribution < 1.29 is 33.7 Å². The highest BCUT2D eigenvalue weighted by Crippen LogP contribution is 2.43. The summed E-state index contributed by atoms with van der Waals surface area (Å²) < 4.78 is 15.3. The van der Waals surface area contributed by atoms with E-state index in [1.54, 1.807) is 13.8 Å². The fraction of sp³-hybridized carbons (Fsp3) is 0.864. The number of methoxy groups -OCH3 is 1. The molecule has 1 N–H and O–H groups in total. The van der Waals surface area contributed by atoms with E-state index in [0.717, 1.165) is 32.1 Å². The number of carbonyl (C=O) groups excluding carboxylic acids is 3. The first kappa shape index (κ1) is 23.8. The second-order valence-electron chi connectivity index (χ2n) is 8.80. The molecule has 5 atom stereocenters. The number of fused-ring (bicyclic) bond motifs is 1. The Kier molecular flexibility index (Phi) is 7.80. The van der Waals surface area contributed by atoms with Crippen molar-refractivity contribution in [1.82, 2.24) is 9.80 Å². The molecule has 9 heteroatoms. The van der Waals surface area contributed by atoms with Crippen LogP contribution in [0.4, 0.5) is 4.79 Å². The number of esters is 2. The lowest BCUT2D eigenvalue weighted by molar-refractivity contribution is -0.206. The third kappa shape index (κ3) is 4.82. The zero-order valence-electron chi connectivity index (χ0n) is 18.9. The smallest absolute Gasteiger partial charge is 0.410 e. The van der Waals surface area contributed by atoms with Gasteiger partial charge in [0, 0.05) is 25.6 Å². The average Bonchev–Trinajstić information content (AvgIpc) is 2.78. The number of likely N-dealkylation sites (tertiary alicyclic amines) is 2. The monoisotopic (exact) mass is 440 g/mol. The molecule has 3 rings (SSSR count). The van der Waals surface area contributed by atoms with Crippen molar-refractivity contribution in [3.63, 3.8) is 0 Å². The Balaban J connectivity index is 1.76. The lowest BCUT2D eigenvalue weighted by Gasteiger charge is -2.51. The second kappa shape index (κ2) is 10.2. The average molecular weight is 441 g/mol. The van der Waals surface area contributed by atoms with Crippen LogP contribution in [0.5, 0.6) is 0 Å². The largest absolute Gasteiger partial charge is 0.464 e. The number of ether oxygens (including phenoxy) is 3. The quantitative estimate of drug-likeness (QED) is 0.511. The third-order valence-electron chi connectivity index (χ3n) is 7.11. The van der Waals surface area contributed by atoms with Crippen LogP contribution in [0.25, 0.3) is 0 Å². The lowest BCUT2D eigenvalue weighted by atomic mass is 9.70. The lowest BCUT2D eigenvalue weighted by Crippen LogP contribution is -2.63. The van der Waals surface area contributed by atoms with Gasteiger partial charge < -0.3 is 19.3 Å². The van der Waals surface area contributed by atoms with E-state index in [9.17, 15) is 19.5 Å². The molecule has 0 aromatic heterocycles. The summed E-state index contributed by atoms with van der Waals surface area (Å²) in [5.41, 5.74) is -1.58. The first-order valence-corrected chi connectivity index (χ1v) is 11.5. The van der Waals surface area contributed by atoms with Gasteiger partial charge in [-0.2, -0.15) is 0 Å². The minimum absolute atomic E-state index is 0.0310. The van der Waals surface area contributed by atoms with Crippen LogP contribution in [0, 0.1) is 11.8 Å². The van der Waals surface area contributed by atoms with Crippen LogP contribution >= 0.6 is 0 Å². The molecule has 0 aromatic rings. The summed E-state index contributed by atoms with van der Waals surface area (Å²) in [4.78, 5) is 40.9. The molecule has 0 radical (unpaired) electrons. The van der Waals surface area contributed by atoms with Crippen LogP contribution in [0.3, 0.4) is 0 Å². The minimum Gasteiger partial charge on any atom is -0.464 e. The second-order valence-corrected chi connectivity index (χ2v) is 8.80. The number of rotatable bonds is 5. The Morgan fingerprint density at radius 1 is 1.03 bits per heavy atom. The summed E-state index contributed by atoms with van der Waals surface area (Å²) in [5.74, 6) is -0.528. The number of piperidine rings is 2. The van der Waals surface area contributed by atoms with Crippen LogP contribution in [0.1, 0.15) is 58.8 Å². The number of carbonyl (C=O) groups is 3. The maximum absolute atomic E-state index is 12.6. The van der Waals surface area contributed by atoms with Gasteiger partial charge in [-0.1, -0.05) is 0 Å². The van der Waals surface area contributed by atoms with Crippen LogP contribution < -0.4 is 0 Å². The van der Waals surface area contributed by atoms with Gasteiger partial charge >= 0.3 is 18.0 Å². The van der Waals surface area contributed by atoms with Crippen molar-refractivity contribution in [1.29, 1.82) is 0 Å². The predicted octanol–water partition coefficient (Wildman–Crippen LogP) is 1.91. The molecule has 0 spiro atoms. The summed E-state index contributed by atoms with van der Waals surface area (Å²) in [6.45, 7) is 5.07.